The van der Waals surface area contributed by atoms with Crippen LogP contribution in [0.2, 0.25) is 0 Å². The zero-order chi connectivity index (χ0) is 20.8. The monoisotopic (exact) mass is 411 g/mol. The minimum atomic E-state index is -0.307. The van der Waals surface area contributed by atoms with Crippen molar-refractivity contribution in [3.63, 3.8) is 0 Å². The van der Waals surface area contributed by atoms with Crippen molar-refractivity contribution in [1.29, 1.82) is 0 Å². The molecule has 0 atom stereocenters. The van der Waals surface area contributed by atoms with Gasteiger partial charge in [-0.3, -0.25) is 18.3 Å². The van der Waals surface area contributed by atoms with E-state index in [9.17, 15) is 9.59 Å². The number of aryl methyl sites for hydroxylation is 2. The van der Waals surface area contributed by atoms with Crippen LogP contribution >= 0.6 is 0 Å². The topological polar surface area (TPSA) is 83.8 Å². The molecule has 1 aliphatic heterocycles. The van der Waals surface area contributed by atoms with Crippen LogP contribution in [0.5, 0.6) is 0 Å². The van der Waals surface area contributed by atoms with Crippen molar-refractivity contribution in [2.45, 2.75) is 39.3 Å². The van der Waals surface area contributed by atoms with Crippen molar-refractivity contribution in [2.75, 3.05) is 19.6 Å². The molecule has 9 heteroatoms. The van der Waals surface area contributed by atoms with Crippen LogP contribution in [0.15, 0.2) is 38.6 Å². The standard InChI is InChI=1S/C21H26N6O3/c1-15-13-27-17-18(22-20(27)26(15)14-16-7-6-12-30-16)23(2)21(29)25(19(17)28)11-10-24-8-4-3-5-9-24/h6-7,12-13H,3-5,8-11,14H2,1-2H3/p+1. The summed E-state index contributed by atoms with van der Waals surface area (Å²) < 4.78 is 12.1. The van der Waals surface area contributed by atoms with Gasteiger partial charge in [0.05, 0.1) is 39.0 Å². The lowest BCUT2D eigenvalue weighted by Crippen LogP contribution is -3.13. The maximum Gasteiger partial charge on any atom is 0.332 e. The molecule has 4 aromatic heterocycles. The fraction of sp³-hybridized carbons (Fsp3) is 0.476. The highest BCUT2D eigenvalue weighted by Gasteiger charge is 2.21. The quantitative estimate of drug-likeness (QED) is 0.507. The SMILES string of the molecule is Cc1cn2c3c(=O)n(CC[NH+]4CCCCC4)c(=O)n(C)c3nc2n1Cc1ccco1. The number of likely N-dealkylation sites (tertiary alicyclic amines) is 1. The second kappa shape index (κ2) is 7.32. The second-order valence-corrected chi connectivity index (χ2v) is 8.25. The first-order chi connectivity index (χ1) is 14.5. The minimum absolute atomic E-state index is 0.271. The number of hydrogen-bond acceptors (Lipinski definition) is 4. The molecule has 0 radical (unpaired) electrons. The lowest BCUT2D eigenvalue weighted by atomic mass is 10.1. The van der Waals surface area contributed by atoms with Gasteiger partial charge < -0.3 is 13.9 Å². The molecule has 1 saturated heterocycles. The molecule has 1 fully saturated rings. The van der Waals surface area contributed by atoms with Gasteiger partial charge in [0.2, 0.25) is 5.78 Å². The lowest BCUT2D eigenvalue weighted by molar-refractivity contribution is -0.905. The Hall–Kier alpha value is -3.07. The Labute approximate surface area is 172 Å². The summed E-state index contributed by atoms with van der Waals surface area (Å²) >= 11 is 0. The van der Waals surface area contributed by atoms with Crippen molar-refractivity contribution >= 4 is 16.9 Å². The molecule has 1 N–H and O–H groups in total. The van der Waals surface area contributed by atoms with E-state index < -0.39 is 0 Å². The molecule has 4 aromatic rings. The smallest absolute Gasteiger partial charge is 0.332 e. The third-order valence-corrected chi connectivity index (χ3v) is 6.28. The summed E-state index contributed by atoms with van der Waals surface area (Å²) in [7, 11) is 1.69. The van der Waals surface area contributed by atoms with Gasteiger partial charge in [-0.2, -0.15) is 4.98 Å². The van der Waals surface area contributed by atoms with Gasteiger partial charge in [0, 0.05) is 18.9 Å². The first-order valence-corrected chi connectivity index (χ1v) is 10.6. The number of nitrogens with one attached hydrogen (secondary N) is 1. The Morgan fingerprint density at radius 2 is 1.97 bits per heavy atom. The highest BCUT2D eigenvalue weighted by Crippen LogP contribution is 2.18. The molecule has 158 valence electrons. The second-order valence-electron chi connectivity index (χ2n) is 8.25. The Balaban J connectivity index is 1.60. The van der Waals surface area contributed by atoms with Gasteiger partial charge in [-0.1, -0.05) is 0 Å². The zero-order valence-electron chi connectivity index (χ0n) is 17.4. The van der Waals surface area contributed by atoms with Crippen molar-refractivity contribution < 1.29 is 9.32 Å². The number of hydrogen-bond donors (Lipinski definition) is 1. The zero-order valence-corrected chi connectivity index (χ0v) is 17.4. The average Bonchev–Trinajstić information content (AvgIpc) is 3.45. The summed E-state index contributed by atoms with van der Waals surface area (Å²) in [5.74, 6) is 1.43. The highest BCUT2D eigenvalue weighted by molar-refractivity contribution is 5.75. The molecule has 0 unspecified atom stereocenters. The van der Waals surface area contributed by atoms with Crippen molar-refractivity contribution in [3.05, 3.63) is 56.9 Å². The molecular weight excluding hydrogens is 384 g/mol. The van der Waals surface area contributed by atoms with E-state index in [-0.39, 0.29) is 11.2 Å². The molecule has 0 spiro atoms. The maximum atomic E-state index is 13.3. The molecule has 5 heterocycles. The largest absolute Gasteiger partial charge is 0.467 e. The summed E-state index contributed by atoms with van der Waals surface area (Å²) in [6.45, 7) is 5.94. The third kappa shape index (κ3) is 3.00. The maximum absolute atomic E-state index is 13.3. The number of nitrogens with zero attached hydrogens (tertiary/aromatic N) is 5. The molecular formula is C21H27N6O3+. The van der Waals surface area contributed by atoms with Crippen molar-refractivity contribution in [3.8, 4) is 0 Å². The molecule has 0 aliphatic carbocycles. The fourth-order valence-corrected chi connectivity index (χ4v) is 4.58. The Kier molecular flexibility index (Phi) is 4.62. The number of piperidine rings is 1. The Bertz CT molecular complexity index is 1320. The van der Waals surface area contributed by atoms with E-state index in [1.165, 1.54) is 33.3 Å². The number of furan rings is 1. The normalized spacial score (nSPS) is 15.5. The van der Waals surface area contributed by atoms with E-state index >= 15 is 0 Å². The molecule has 5 rings (SSSR count). The van der Waals surface area contributed by atoms with E-state index in [1.807, 2.05) is 29.8 Å². The molecule has 0 aromatic carbocycles. The van der Waals surface area contributed by atoms with Gasteiger partial charge in [-0.05, 0) is 38.3 Å². The van der Waals surface area contributed by atoms with Crippen LogP contribution in [0.3, 0.4) is 0 Å². The fourth-order valence-electron chi connectivity index (χ4n) is 4.58. The van der Waals surface area contributed by atoms with Gasteiger partial charge in [0.1, 0.15) is 5.76 Å². The van der Waals surface area contributed by atoms with Gasteiger partial charge >= 0.3 is 5.69 Å². The van der Waals surface area contributed by atoms with Crippen LogP contribution in [0.25, 0.3) is 16.9 Å². The molecule has 9 nitrogen and oxygen atoms in total. The van der Waals surface area contributed by atoms with Crippen molar-refractivity contribution in [1.82, 2.24) is 23.1 Å². The molecule has 1 aliphatic rings. The van der Waals surface area contributed by atoms with Gasteiger partial charge in [-0.25, -0.2) is 4.79 Å². The van der Waals surface area contributed by atoms with E-state index in [0.717, 1.165) is 31.1 Å². The molecule has 0 bridgehead atoms. The van der Waals surface area contributed by atoms with Crippen LogP contribution in [-0.4, -0.2) is 42.7 Å². The van der Waals surface area contributed by atoms with E-state index in [4.69, 9.17) is 4.42 Å². The summed E-state index contributed by atoms with van der Waals surface area (Å²) in [5.41, 5.74) is 1.25. The van der Waals surface area contributed by atoms with E-state index in [0.29, 0.717) is 30.0 Å². The number of quaternary nitrogens is 1. The number of imidazole rings is 2. The first kappa shape index (κ1) is 18.9. The van der Waals surface area contributed by atoms with Gasteiger partial charge in [-0.15, -0.1) is 0 Å². The Morgan fingerprint density at radius 3 is 2.70 bits per heavy atom. The lowest BCUT2D eigenvalue weighted by Gasteiger charge is -2.23. The van der Waals surface area contributed by atoms with E-state index in [1.54, 1.807) is 17.7 Å². The predicted octanol–water partition coefficient (Wildman–Crippen LogP) is 0.168. The van der Waals surface area contributed by atoms with Gasteiger partial charge in [0.25, 0.3) is 5.56 Å². The van der Waals surface area contributed by atoms with Crippen LogP contribution in [0.4, 0.5) is 0 Å². The summed E-state index contributed by atoms with van der Waals surface area (Å²) in [6.07, 6.45) is 7.25. The van der Waals surface area contributed by atoms with E-state index in [2.05, 4.69) is 4.98 Å². The van der Waals surface area contributed by atoms with Crippen LogP contribution in [-0.2, 0) is 20.1 Å². The summed E-state index contributed by atoms with van der Waals surface area (Å²) in [6, 6.07) is 3.75. The predicted molar refractivity (Wildman–Crippen MR) is 112 cm³/mol. The molecule has 30 heavy (non-hydrogen) atoms. The highest BCUT2D eigenvalue weighted by atomic mass is 16.3. The molecule has 0 amide bonds. The number of rotatable bonds is 5. The van der Waals surface area contributed by atoms with Crippen LogP contribution < -0.4 is 16.1 Å². The van der Waals surface area contributed by atoms with Crippen molar-refractivity contribution in [2.24, 2.45) is 7.05 Å². The minimum Gasteiger partial charge on any atom is -0.467 e. The number of aromatic nitrogens is 5. The Morgan fingerprint density at radius 1 is 1.17 bits per heavy atom. The van der Waals surface area contributed by atoms with Gasteiger partial charge in [0.15, 0.2) is 11.2 Å². The average molecular weight is 411 g/mol. The van der Waals surface area contributed by atoms with Crippen LogP contribution in [0, 0.1) is 6.92 Å². The summed E-state index contributed by atoms with van der Waals surface area (Å²) in [4.78, 5) is 32.4. The third-order valence-electron chi connectivity index (χ3n) is 6.28. The summed E-state index contributed by atoms with van der Waals surface area (Å²) in [5, 5.41) is 0. The van der Waals surface area contributed by atoms with Crippen LogP contribution in [0.1, 0.15) is 30.7 Å². The first-order valence-electron chi connectivity index (χ1n) is 10.6. The molecule has 0 saturated carbocycles. The number of fused-ring (bicyclic) bond motifs is 3.